The van der Waals surface area contributed by atoms with Crippen molar-refractivity contribution in [1.29, 1.82) is 0 Å². The zero-order valence-corrected chi connectivity index (χ0v) is 10.6. The first-order valence-corrected chi connectivity index (χ1v) is 5.79. The van der Waals surface area contributed by atoms with Gasteiger partial charge in [0, 0.05) is 23.4 Å². The fourth-order valence-corrected chi connectivity index (χ4v) is 1.61. The number of anilines is 1. The number of nitrogens with zero attached hydrogens (tertiary/aromatic N) is 1. The number of H-pyrrole nitrogens is 1. The minimum atomic E-state index is -0.753. The largest absolute Gasteiger partial charge is 0.409 e. The molecule has 0 aliphatic carbocycles. The van der Waals surface area contributed by atoms with Crippen molar-refractivity contribution < 1.29 is 14.4 Å². The number of oxime groups is 1. The highest BCUT2D eigenvalue weighted by Gasteiger charge is 2.11. The zero-order chi connectivity index (χ0) is 15.4. The molecule has 2 aromatic rings. The molecule has 1 heterocycles. The van der Waals surface area contributed by atoms with Crippen molar-refractivity contribution >= 4 is 17.4 Å². The number of rotatable bonds is 3. The van der Waals surface area contributed by atoms with Gasteiger partial charge in [0.15, 0.2) is 5.84 Å². The first-order chi connectivity index (χ1) is 10.0. The van der Waals surface area contributed by atoms with E-state index in [0.717, 1.165) is 12.1 Å². The number of amides is 1. The van der Waals surface area contributed by atoms with Crippen molar-refractivity contribution in [3.05, 3.63) is 63.8 Å². The molecular weight excluding hydrogens is 279 g/mol. The van der Waals surface area contributed by atoms with Crippen LogP contribution in [0.1, 0.15) is 15.9 Å². The molecule has 0 unspecified atom stereocenters. The van der Waals surface area contributed by atoms with Crippen LogP contribution in [-0.4, -0.2) is 21.9 Å². The molecular formula is C13H11FN4O3. The van der Waals surface area contributed by atoms with E-state index in [4.69, 9.17) is 10.9 Å². The molecule has 0 aliphatic rings. The van der Waals surface area contributed by atoms with Crippen molar-refractivity contribution in [2.75, 3.05) is 5.32 Å². The van der Waals surface area contributed by atoms with Gasteiger partial charge >= 0.3 is 0 Å². The summed E-state index contributed by atoms with van der Waals surface area (Å²) in [5.41, 5.74) is 5.07. The average Bonchev–Trinajstić information content (AvgIpc) is 2.48. The van der Waals surface area contributed by atoms with E-state index in [1.807, 2.05) is 0 Å². The Hall–Kier alpha value is -3.16. The summed E-state index contributed by atoms with van der Waals surface area (Å²) in [5, 5.41) is 13.6. The van der Waals surface area contributed by atoms with Crippen LogP contribution in [0.2, 0.25) is 0 Å². The molecule has 5 N–H and O–H groups in total. The molecule has 21 heavy (non-hydrogen) atoms. The smallest absolute Gasteiger partial charge is 0.255 e. The molecule has 0 bridgehead atoms. The maximum absolute atomic E-state index is 13.8. The summed E-state index contributed by atoms with van der Waals surface area (Å²) in [5.74, 6) is -1.63. The molecule has 2 rings (SSSR count). The number of carbonyl (C=O) groups excluding carboxylic acids is 1. The SMILES string of the molecule is N/C(=N/O)c1ccc(NC(=O)c2cc[nH]c(=O)c2)c(F)c1. The van der Waals surface area contributed by atoms with Crippen LogP contribution in [0.5, 0.6) is 0 Å². The maximum Gasteiger partial charge on any atom is 0.255 e. The van der Waals surface area contributed by atoms with E-state index in [1.54, 1.807) is 0 Å². The number of nitrogens with one attached hydrogen (secondary N) is 2. The molecule has 0 radical (unpaired) electrons. The van der Waals surface area contributed by atoms with Gasteiger partial charge in [0.2, 0.25) is 5.56 Å². The number of halogens is 1. The average molecular weight is 290 g/mol. The Morgan fingerprint density at radius 2 is 2.05 bits per heavy atom. The lowest BCUT2D eigenvalue weighted by Crippen LogP contribution is -2.17. The number of pyridine rings is 1. The minimum Gasteiger partial charge on any atom is -0.409 e. The van der Waals surface area contributed by atoms with Gasteiger partial charge in [-0.2, -0.15) is 0 Å². The number of hydrogen-bond acceptors (Lipinski definition) is 4. The lowest BCUT2D eigenvalue weighted by atomic mass is 10.1. The lowest BCUT2D eigenvalue weighted by Gasteiger charge is -2.07. The van der Waals surface area contributed by atoms with Crippen molar-refractivity contribution in [1.82, 2.24) is 4.98 Å². The van der Waals surface area contributed by atoms with E-state index in [9.17, 15) is 14.0 Å². The van der Waals surface area contributed by atoms with Gasteiger partial charge in [-0.25, -0.2) is 4.39 Å². The van der Waals surface area contributed by atoms with Gasteiger partial charge in [-0.1, -0.05) is 5.16 Å². The number of aromatic amines is 1. The van der Waals surface area contributed by atoms with E-state index >= 15 is 0 Å². The molecule has 0 spiro atoms. The first-order valence-electron chi connectivity index (χ1n) is 5.79. The van der Waals surface area contributed by atoms with Crippen molar-refractivity contribution in [3.63, 3.8) is 0 Å². The molecule has 0 atom stereocenters. The number of nitrogens with two attached hydrogens (primary N) is 1. The van der Waals surface area contributed by atoms with Gasteiger partial charge < -0.3 is 21.2 Å². The summed E-state index contributed by atoms with van der Waals surface area (Å²) in [6.45, 7) is 0. The second kappa shape index (κ2) is 5.87. The van der Waals surface area contributed by atoms with Gasteiger partial charge in [-0.3, -0.25) is 9.59 Å². The number of aromatic nitrogens is 1. The van der Waals surface area contributed by atoms with E-state index in [-0.39, 0.29) is 22.6 Å². The predicted octanol–water partition coefficient (Wildman–Crippen LogP) is 0.861. The quantitative estimate of drug-likeness (QED) is 0.290. The van der Waals surface area contributed by atoms with E-state index in [2.05, 4.69) is 15.5 Å². The Morgan fingerprint density at radius 3 is 2.67 bits per heavy atom. The Labute approximate surface area is 117 Å². The summed E-state index contributed by atoms with van der Waals surface area (Å²) in [7, 11) is 0. The third kappa shape index (κ3) is 3.24. The van der Waals surface area contributed by atoms with Crippen molar-refractivity contribution in [3.8, 4) is 0 Å². The molecule has 1 amide bonds. The Kier molecular flexibility index (Phi) is 3.98. The van der Waals surface area contributed by atoms with Crippen LogP contribution in [0.4, 0.5) is 10.1 Å². The van der Waals surface area contributed by atoms with Crippen LogP contribution in [0.25, 0.3) is 0 Å². The van der Waals surface area contributed by atoms with Gasteiger partial charge in [0.05, 0.1) is 5.69 Å². The minimum absolute atomic E-state index is 0.0882. The second-order valence-corrected chi connectivity index (χ2v) is 4.08. The summed E-state index contributed by atoms with van der Waals surface area (Å²) < 4.78 is 13.8. The fraction of sp³-hybridized carbons (Fsp3) is 0. The monoisotopic (exact) mass is 290 g/mol. The lowest BCUT2D eigenvalue weighted by molar-refractivity contribution is 0.102. The Balaban J connectivity index is 2.24. The molecule has 8 heteroatoms. The molecule has 0 saturated heterocycles. The van der Waals surface area contributed by atoms with Crippen LogP contribution in [0.3, 0.4) is 0 Å². The van der Waals surface area contributed by atoms with Gasteiger partial charge in [-0.05, 0) is 24.3 Å². The molecule has 1 aromatic carbocycles. The molecule has 0 saturated carbocycles. The summed E-state index contributed by atoms with van der Waals surface area (Å²) in [6.07, 6.45) is 1.31. The first kappa shape index (κ1) is 14.3. The molecule has 108 valence electrons. The van der Waals surface area contributed by atoms with Crippen LogP contribution in [0, 0.1) is 5.82 Å². The van der Waals surface area contributed by atoms with E-state index in [1.165, 1.54) is 24.4 Å². The number of hydrogen-bond donors (Lipinski definition) is 4. The number of amidine groups is 1. The molecule has 0 aliphatic heterocycles. The topological polar surface area (TPSA) is 121 Å². The second-order valence-electron chi connectivity index (χ2n) is 4.08. The number of benzene rings is 1. The van der Waals surface area contributed by atoms with Crippen LogP contribution >= 0.6 is 0 Å². The van der Waals surface area contributed by atoms with Gasteiger partial charge in [0.25, 0.3) is 5.91 Å². The molecule has 7 nitrogen and oxygen atoms in total. The van der Waals surface area contributed by atoms with Gasteiger partial charge in [0.1, 0.15) is 5.82 Å². The summed E-state index contributed by atoms with van der Waals surface area (Å²) in [6, 6.07) is 6.15. The van der Waals surface area contributed by atoms with Crippen molar-refractivity contribution in [2.24, 2.45) is 10.9 Å². The van der Waals surface area contributed by atoms with Crippen LogP contribution in [0.15, 0.2) is 46.5 Å². The van der Waals surface area contributed by atoms with Crippen LogP contribution in [-0.2, 0) is 0 Å². The van der Waals surface area contributed by atoms with Crippen LogP contribution < -0.4 is 16.6 Å². The summed E-state index contributed by atoms with van der Waals surface area (Å²) in [4.78, 5) is 25.3. The predicted molar refractivity (Wildman–Crippen MR) is 73.9 cm³/mol. The highest BCUT2D eigenvalue weighted by atomic mass is 19.1. The van der Waals surface area contributed by atoms with Crippen molar-refractivity contribution in [2.45, 2.75) is 0 Å². The highest BCUT2D eigenvalue weighted by Crippen LogP contribution is 2.16. The Morgan fingerprint density at radius 1 is 1.29 bits per heavy atom. The zero-order valence-electron chi connectivity index (χ0n) is 10.6. The third-order valence-corrected chi connectivity index (χ3v) is 2.66. The number of carbonyl (C=O) groups is 1. The van der Waals surface area contributed by atoms with E-state index in [0.29, 0.717) is 0 Å². The fourth-order valence-electron chi connectivity index (χ4n) is 1.61. The van der Waals surface area contributed by atoms with E-state index < -0.39 is 17.3 Å². The van der Waals surface area contributed by atoms with Gasteiger partial charge in [-0.15, -0.1) is 0 Å². The molecule has 1 aromatic heterocycles. The Bertz CT molecular complexity index is 770. The normalized spacial score (nSPS) is 11.2. The maximum atomic E-state index is 13.8. The summed E-state index contributed by atoms with van der Waals surface area (Å²) >= 11 is 0. The molecule has 0 fully saturated rings. The standard InChI is InChI=1S/C13H11FN4O3/c14-9-5-7(12(15)18-21)1-2-10(9)17-13(20)8-3-4-16-11(19)6-8/h1-6,21H,(H2,15,18)(H,16,19)(H,17,20). The third-order valence-electron chi connectivity index (χ3n) is 2.66. The highest BCUT2D eigenvalue weighted by molar-refractivity contribution is 6.04.